The normalized spacial score (nSPS) is 23.2. The zero-order chi connectivity index (χ0) is 18.8. The molecule has 0 aliphatic carbocycles. The Labute approximate surface area is 163 Å². The molecule has 3 aromatic rings. The number of aryl methyl sites for hydroxylation is 1. The van der Waals surface area contributed by atoms with Gasteiger partial charge in [0.25, 0.3) is 0 Å². The Morgan fingerprint density at radius 3 is 2.93 bits per heavy atom. The van der Waals surface area contributed by atoms with Gasteiger partial charge in [-0.2, -0.15) is 4.52 Å². The Morgan fingerprint density at radius 2 is 2.11 bits per heavy atom. The summed E-state index contributed by atoms with van der Waals surface area (Å²) >= 11 is 1.75. The SMILES string of the molecule is Cc1nc2sc3c(c2c2nc(CN4CCCC[C@@H]4C)nn12)CC(C)(C)OC3. The van der Waals surface area contributed by atoms with E-state index in [-0.39, 0.29) is 5.60 Å². The molecule has 5 rings (SSSR count). The number of likely N-dealkylation sites (tertiary alicyclic amines) is 1. The van der Waals surface area contributed by atoms with Gasteiger partial charge in [0.2, 0.25) is 0 Å². The van der Waals surface area contributed by atoms with E-state index in [9.17, 15) is 0 Å². The molecule has 0 bridgehead atoms. The van der Waals surface area contributed by atoms with Gasteiger partial charge in [-0.3, -0.25) is 4.90 Å². The average molecular weight is 386 g/mol. The lowest BCUT2D eigenvalue weighted by Crippen LogP contribution is -2.37. The van der Waals surface area contributed by atoms with Crippen molar-refractivity contribution in [3.05, 3.63) is 22.1 Å². The van der Waals surface area contributed by atoms with Gasteiger partial charge in [0.1, 0.15) is 10.7 Å². The zero-order valence-corrected chi connectivity index (χ0v) is 17.4. The summed E-state index contributed by atoms with van der Waals surface area (Å²) in [5.41, 5.74) is 2.18. The molecule has 144 valence electrons. The van der Waals surface area contributed by atoms with Crippen LogP contribution in [0.4, 0.5) is 0 Å². The summed E-state index contributed by atoms with van der Waals surface area (Å²) in [4.78, 5) is 14.7. The summed E-state index contributed by atoms with van der Waals surface area (Å²) in [6.45, 7) is 11.3. The van der Waals surface area contributed by atoms with Crippen LogP contribution in [0.2, 0.25) is 0 Å². The molecule has 0 aromatic carbocycles. The second-order valence-electron chi connectivity index (χ2n) is 8.65. The van der Waals surface area contributed by atoms with Crippen molar-refractivity contribution >= 4 is 27.2 Å². The van der Waals surface area contributed by atoms with Crippen molar-refractivity contribution in [1.29, 1.82) is 0 Å². The Balaban J connectivity index is 1.62. The molecule has 0 N–H and O–H groups in total. The van der Waals surface area contributed by atoms with E-state index >= 15 is 0 Å². The van der Waals surface area contributed by atoms with Gasteiger partial charge in [0.05, 0.1) is 24.1 Å². The highest BCUT2D eigenvalue weighted by Crippen LogP contribution is 2.39. The molecule has 5 heterocycles. The fourth-order valence-electron chi connectivity index (χ4n) is 4.43. The van der Waals surface area contributed by atoms with E-state index in [0.29, 0.717) is 12.6 Å². The Kier molecular flexibility index (Phi) is 4.04. The Hall–Kier alpha value is -1.57. The second kappa shape index (κ2) is 6.22. The third-order valence-electron chi connectivity index (χ3n) is 6.00. The van der Waals surface area contributed by atoms with E-state index in [4.69, 9.17) is 19.8 Å². The molecule has 0 saturated carbocycles. The molecule has 7 heteroatoms. The zero-order valence-electron chi connectivity index (χ0n) is 16.6. The van der Waals surface area contributed by atoms with Crippen molar-refractivity contribution in [2.75, 3.05) is 6.54 Å². The van der Waals surface area contributed by atoms with Crippen LogP contribution in [0.5, 0.6) is 0 Å². The molecule has 27 heavy (non-hydrogen) atoms. The van der Waals surface area contributed by atoms with E-state index in [1.54, 1.807) is 11.3 Å². The van der Waals surface area contributed by atoms with E-state index in [2.05, 4.69) is 25.7 Å². The summed E-state index contributed by atoms with van der Waals surface area (Å²) in [7, 11) is 0. The van der Waals surface area contributed by atoms with E-state index in [0.717, 1.165) is 41.6 Å². The smallest absolute Gasteiger partial charge is 0.168 e. The molecular weight excluding hydrogens is 358 g/mol. The summed E-state index contributed by atoms with van der Waals surface area (Å²) in [5.74, 6) is 1.81. The van der Waals surface area contributed by atoms with Crippen LogP contribution in [0.3, 0.4) is 0 Å². The molecular formula is C20H27N5OS. The highest BCUT2D eigenvalue weighted by molar-refractivity contribution is 7.19. The topological polar surface area (TPSA) is 55.6 Å². The first kappa shape index (κ1) is 17.5. The minimum absolute atomic E-state index is 0.144. The van der Waals surface area contributed by atoms with Gasteiger partial charge in [0.15, 0.2) is 11.5 Å². The van der Waals surface area contributed by atoms with Crippen LogP contribution in [0.25, 0.3) is 15.9 Å². The average Bonchev–Trinajstić information content (AvgIpc) is 3.17. The monoisotopic (exact) mass is 385 g/mol. The molecule has 0 unspecified atom stereocenters. The second-order valence-corrected chi connectivity index (χ2v) is 9.73. The van der Waals surface area contributed by atoms with Crippen molar-refractivity contribution in [1.82, 2.24) is 24.5 Å². The summed E-state index contributed by atoms with van der Waals surface area (Å²) in [6, 6.07) is 0.608. The van der Waals surface area contributed by atoms with E-state index in [1.165, 1.54) is 35.1 Å². The van der Waals surface area contributed by atoms with Gasteiger partial charge in [-0.05, 0) is 52.6 Å². The lowest BCUT2D eigenvalue weighted by Gasteiger charge is -2.32. The van der Waals surface area contributed by atoms with Crippen molar-refractivity contribution in [3.8, 4) is 0 Å². The third-order valence-corrected chi connectivity index (χ3v) is 7.10. The van der Waals surface area contributed by atoms with Gasteiger partial charge in [0, 0.05) is 17.3 Å². The first-order valence-electron chi connectivity index (χ1n) is 9.96. The number of aromatic nitrogens is 4. The van der Waals surface area contributed by atoms with Crippen LogP contribution < -0.4 is 0 Å². The van der Waals surface area contributed by atoms with Crippen LogP contribution in [0, 0.1) is 6.92 Å². The van der Waals surface area contributed by atoms with Crippen molar-refractivity contribution in [2.45, 2.75) is 78.2 Å². The predicted octanol–water partition coefficient (Wildman–Crippen LogP) is 3.87. The number of rotatable bonds is 2. The highest BCUT2D eigenvalue weighted by Gasteiger charge is 2.31. The standard InChI is InChI=1S/C20H27N5OS/c1-12-7-5-6-8-24(12)10-16-22-18-17-14-9-20(3,4)26-11-15(14)27-19(17)21-13(2)25(18)23-16/h12H,5-11H2,1-4H3/t12-/m0/s1. The predicted molar refractivity (Wildman–Crippen MR) is 107 cm³/mol. The van der Waals surface area contributed by atoms with E-state index in [1.807, 2.05) is 11.4 Å². The molecule has 3 aromatic heterocycles. The van der Waals surface area contributed by atoms with Crippen LogP contribution >= 0.6 is 11.3 Å². The van der Waals surface area contributed by atoms with Gasteiger partial charge >= 0.3 is 0 Å². The number of hydrogen-bond donors (Lipinski definition) is 0. The van der Waals surface area contributed by atoms with Crippen molar-refractivity contribution in [2.24, 2.45) is 0 Å². The van der Waals surface area contributed by atoms with Gasteiger partial charge in [-0.1, -0.05) is 6.42 Å². The number of nitrogens with zero attached hydrogens (tertiary/aromatic N) is 5. The summed E-state index contributed by atoms with van der Waals surface area (Å²) in [6.07, 6.45) is 4.77. The largest absolute Gasteiger partial charge is 0.370 e. The maximum absolute atomic E-state index is 6.01. The minimum atomic E-state index is -0.144. The molecule has 0 amide bonds. The third kappa shape index (κ3) is 2.96. The number of piperidine rings is 1. The molecule has 1 saturated heterocycles. The molecule has 2 aliphatic rings. The summed E-state index contributed by atoms with van der Waals surface area (Å²) < 4.78 is 7.96. The quantitative estimate of drug-likeness (QED) is 0.670. The lowest BCUT2D eigenvalue weighted by molar-refractivity contribution is -0.0379. The van der Waals surface area contributed by atoms with Gasteiger partial charge in [-0.25, -0.2) is 9.97 Å². The lowest BCUT2D eigenvalue weighted by atomic mass is 9.94. The first-order chi connectivity index (χ1) is 12.9. The molecule has 0 spiro atoms. The molecule has 1 fully saturated rings. The van der Waals surface area contributed by atoms with Crippen LogP contribution in [-0.4, -0.2) is 42.7 Å². The molecule has 2 aliphatic heterocycles. The van der Waals surface area contributed by atoms with Crippen LogP contribution in [0.15, 0.2) is 0 Å². The van der Waals surface area contributed by atoms with Crippen molar-refractivity contribution in [3.63, 3.8) is 0 Å². The molecule has 0 radical (unpaired) electrons. The minimum Gasteiger partial charge on any atom is -0.370 e. The molecule has 6 nitrogen and oxygen atoms in total. The first-order valence-corrected chi connectivity index (χ1v) is 10.8. The maximum atomic E-state index is 6.01. The number of fused-ring (bicyclic) bond motifs is 5. The highest BCUT2D eigenvalue weighted by atomic mass is 32.1. The Bertz CT molecular complexity index is 1020. The van der Waals surface area contributed by atoms with Gasteiger partial charge < -0.3 is 4.74 Å². The number of thiophene rings is 1. The summed E-state index contributed by atoms with van der Waals surface area (Å²) in [5, 5.41) is 6.01. The fraction of sp³-hybridized carbons (Fsp3) is 0.650. The van der Waals surface area contributed by atoms with E-state index < -0.39 is 0 Å². The van der Waals surface area contributed by atoms with Crippen LogP contribution in [0.1, 0.15) is 62.1 Å². The van der Waals surface area contributed by atoms with Crippen LogP contribution in [-0.2, 0) is 24.3 Å². The fourth-order valence-corrected chi connectivity index (χ4v) is 5.57. The number of hydrogen-bond acceptors (Lipinski definition) is 6. The van der Waals surface area contributed by atoms with Gasteiger partial charge in [-0.15, -0.1) is 16.4 Å². The number of ether oxygens (including phenoxy) is 1. The maximum Gasteiger partial charge on any atom is 0.168 e. The Morgan fingerprint density at radius 1 is 1.26 bits per heavy atom. The van der Waals surface area contributed by atoms with Crippen molar-refractivity contribution < 1.29 is 4.74 Å². The molecule has 1 atom stereocenters.